The van der Waals surface area contributed by atoms with Crippen molar-refractivity contribution in [3.05, 3.63) is 58.3 Å². The number of amides is 2. The van der Waals surface area contributed by atoms with E-state index in [2.05, 4.69) is 33.5 Å². The number of nitrogens with zero attached hydrogens (tertiary/aromatic N) is 4. The van der Waals surface area contributed by atoms with E-state index in [0.29, 0.717) is 28.0 Å². The van der Waals surface area contributed by atoms with Crippen molar-refractivity contribution in [1.29, 1.82) is 0 Å². The zero-order valence-corrected chi connectivity index (χ0v) is 23.2. The Morgan fingerprint density at radius 3 is 2.70 bits per heavy atom. The quantitative estimate of drug-likeness (QED) is 0.177. The zero-order valence-electron chi connectivity index (χ0n) is 20.7. The Morgan fingerprint density at radius 1 is 1.24 bits per heavy atom. The smallest absolute Gasteiger partial charge is 0.341 e. The number of ether oxygens (including phenoxy) is 1. The first-order valence-corrected chi connectivity index (χ1v) is 13.8. The highest BCUT2D eigenvalue weighted by Gasteiger charge is 2.27. The summed E-state index contributed by atoms with van der Waals surface area (Å²) in [6.45, 7) is 5.99. The number of hydrogen-bond donors (Lipinski definition) is 1. The molecule has 0 saturated heterocycles. The van der Waals surface area contributed by atoms with E-state index in [4.69, 9.17) is 4.74 Å². The van der Waals surface area contributed by atoms with Crippen LogP contribution in [-0.2, 0) is 16.1 Å². The van der Waals surface area contributed by atoms with E-state index >= 15 is 0 Å². The minimum atomic E-state index is -0.618. The van der Waals surface area contributed by atoms with Crippen LogP contribution in [0.3, 0.4) is 0 Å². The molecule has 0 radical (unpaired) electrons. The van der Waals surface area contributed by atoms with Crippen LogP contribution in [-0.4, -0.2) is 64.4 Å². The van der Waals surface area contributed by atoms with Gasteiger partial charge in [-0.1, -0.05) is 36.0 Å². The van der Waals surface area contributed by atoms with Crippen LogP contribution in [0.4, 0.5) is 5.00 Å². The van der Waals surface area contributed by atoms with Gasteiger partial charge in [0.05, 0.1) is 23.3 Å². The molecule has 0 bridgehead atoms. The number of anilines is 1. The fourth-order valence-electron chi connectivity index (χ4n) is 3.69. The monoisotopic (exact) mass is 555 g/mol. The number of rotatable bonds is 9. The average Bonchev–Trinajstić information content (AvgIpc) is 3.57. The van der Waals surface area contributed by atoms with Gasteiger partial charge in [0.15, 0.2) is 11.0 Å². The van der Waals surface area contributed by atoms with Crippen LogP contribution >= 0.6 is 34.4 Å². The van der Waals surface area contributed by atoms with E-state index in [1.54, 1.807) is 38.4 Å². The molecule has 4 rings (SSSR count). The van der Waals surface area contributed by atoms with E-state index < -0.39 is 5.97 Å². The van der Waals surface area contributed by atoms with Crippen LogP contribution in [0, 0.1) is 6.92 Å². The van der Waals surface area contributed by atoms with Gasteiger partial charge in [-0.15, -0.1) is 39.4 Å². The molecule has 9 nitrogen and oxygen atoms in total. The summed E-state index contributed by atoms with van der Waals surface area (Å²) in [5, 5.41) is 15.5. The molecule has 1 N–H and O–H groups in total. The summed E-state index contributed by atoms with van der Waals surface area (Å²) in [5.41, 5.74) is 1.62. The van der Waals surface area contributed by atoms with Crippen molar-refractivity contribution in [3.63, 3.8) is 0 Å². The van der Waals surface area contributed by atoms with E-state index in [-0.39, 0.29) is 28.1 Å². The van der Waals surface area contributed by atoms with Crippen molar-refractivity contribution >= 4 is 67.3 Å². The second-order valence-corrected chi connectivity index (χ2v) is 11.0. The molecule has 0 aliphatic carbocycles. The number of allylic oxidation sites excluding steroid dienone is 1. The zero-order chi connectivity index (χ0) is 26.7. The van der Waals surface area contributed by atoms with E-state index in [0.717, 1.165) is 27.0 Å². The van der Waals surface area contributed by atoms with Crippen molar-refractivity contribution in [1.82, 2.24) is 19.7 Å². The largest absolute Gasteiger partial charge is 0.465 e. The van der Waals surface area contributed by atoms with Gasteiger partial charge >= 0.3 is 5.97 Å². The third kappa shape index (κ3) is 5.31. The third-order valence-corrected chi connectivity index (χ3v) is 8.60. The number of thioether (sulfide) groups is 1. The van der Waals surface area contributed by atoms with Gasteiger partial charge in [0.1, 0.15) is 5.00 Å². The first-order chi connectivity index (χ1) is 17.8. The number of carbonyl (C=O) groups is 3. The second kappa shape index (κ2) is 11.3. The molecule has 0 aliphatic heterocycles. The van der Waals surface area contributed by atoms with Crippen molar-refractivity contribution < 1.29 is 19.1 Å². The van der Waals surface area contributed by atoms with Crippen molar-refractivity contribution in [3.8, 4) is 11.4 Å². The Balaban J connectivity index is 1.56. The fraction of sp³-hybridized carbons (Fsp3) is 0.240. The predicted octanol–water partition coefficient (Wildman–Crippen LogP) is 4.93. The predicted molar refractivity (Wildman–Crippen MR) is 149 cm³/mol. The maximum Gasteiger partial charge on any atom is 0.341 e. The highest BCUT2D eigenvalue weighted by Crippen LogP contribution is 2.36. The summed E-state index contributed by atoms with van der Waals surface area (Å²) in [6, 6.07) is 8.09. The molecule has 192 valence electrons. The summed E-state index contributed by atoms with van der Waals surface area (Å²) in [6.07, 6.45) is 1.76. The number of esters is 1. The molecule has 1 aromatic carbocycles. The highest BCUT2D eigenvalue weighted by molar-refractivity contribution is 7.99. The first-order valence-electron chi connectivity index (χ1n) is 11.1. The van der Waals surface area contributed by atoms with Gasteiger partial charge < -0.3 is 15.0 Å². The Hall–Kier alpha value is -3.48. The second-order valence-electron chi connectivity index (χ2n) is 8.14. The number of carbonyl (C=O) groups excluding carboxylic acids is 3. The van der Waals surface area contributed by atoms with E-state index in [1.807, 2.05) is 22.8 Å². The minimum absolute atomic E-state index is 0.0220. The number of fused-ring (bicyclic) bond motifs is 1. The molecule has 0 aliphatic rings. The molecule has 0 saturated carbocycles. The number of aromatic nitrogens is 3. The lowest BCUT2D eigenvalue weighted by molar-refractivity contribution is -0.113. The summed E-state index contributed by atoms with van der Waals surface area (Å²) >= 11 is 3.91. The lowest BCUT2D eigenvalue weighted by atomic mass is 10.1. The lowest BCUT2D eigenvalue weighted by Gasteiger charge is -2.08. The van der Waals surface area contributed by atoms with Crippen molar-refractivity contribution in [2.75, 3.05) is 32.3 Å². The summed E-state index contributed by atoms with van der Waals surface area (Å²) in [7, 11) is 4.51. The third-order valence-electron chi connectivity index (χ3n) is 5.47. The fourth-order valence-corrected chi connectivity index (χ4v) is 6.61. The van der Waals surface area contributed by atoms with Gasteiger partial charge in [-0.25, -0.2) is 4.79 Å². The van der Waals surface area contributed by atoms with Gasteiger partial charge in [0.25, 0.3) is 5.91 Å². The average molecular weight is 556 g/mol. The van der Waals surface area contributed by atoms with Gasteiger partial charge in [0, 0.05) is 41.7 Å². The molecular formula is C25H25N5O4S3. The van der Waals surface area contributed by atoms with Crippen molar-refractivity contribution in [2.45, 2.75) is 18.6 Å². The molecule has 0 spiro atoms. The lowest BCUT2D eigenvalue weighted by Crippen LogP contribution is -2.21. The number of hydrogen-bond acceptors (Lipinski definition) is 9. The van der Waals surface area contributed by atoms with Crippen LogP contribution < -0.4 is 5.32 Å². The Morgan fingerprint density at radius 2 is 2.00 bits per heavy atom. The van der Waals surface area contributed by atoms with E-state index in [9.17, 15) is 14.4 Å². The topological polar surface area (TPSA) is 106 Å². The number of thiophene rings is 2. The van der Waals surface area contributed by atoms with Crippen LogP contribution in [0.25, 0.3) is 21.5 Å². The van der Waals surface area contributed by atoms with Gasteiger partial charge in [-0.05, 0) is 18.6 Å². The Kier molecular flexibility index (Phi) is 8.10. The number of methoxy groups -OCH3 is 1. The molecule has 4 aromatic rings. The minimum Gasteiger partial charge on any atom is -0.465 e. The first kappa shape index (κ1) is 26.6. The summed E-state index contributed by atoms with van der Waals surface area (Å²) < 4.78 is 7.96. The molecule has 0 unspecified atom stereocenters. The van der Waals surface area contributed by atoms with Gasteiger partial charge in [-0.3, -0.25) is 14.2 Å². The standard InChI is InChI=1S/C25H25N5O4S3/c1-6-11-30-21(16-12-35-17-10-8-7-9-15(16)17)27-28-25(30)36-13-18(31)26-22-19(24(33)34-5)14(2)20(37-22)23(32)29(3)4/h6-10,12H,1,11,13H2,2-5H3,(H,26,31). The van der Waals surface area contributed by atoms with Crippen LogP contribution in [0.15, 0.2) is 47.5 Å². The number of benzene rings is 1. The maximum absolute atomic E-state index is 12.9. The van der Waals surface area contributed by atoms with E-state index in [1.165, 1.54) is 23.8 Å². The normalized spacial score (nSPS) is 10.9. The molecule has 3 heterocycles. The van der Waals surface area contributed by atoms with Gasteiger partial charge in [0.2, 0.25) is 5.91 Å². The Labute approximate surface area is 226 Å². The van der Waals surface area contributed by atoms with Crippen molar-refractivity contribution in [2.24, 2.45) is 0 Å². The highest BCUT2D eigenvalue weighted by atomic mass is 32.2. The molecule has 0 atom stereocenters. The maximum atomic E-state index is 12.9. The summed E-state index contributed by atoms with van der Waals surface area (Å²) in [4.78, 5) is 39.7. The SMILES string of the molecule is C=CCn1c(SCC(=O)Nc2sc(C(=O)N(C)C)c(C)c2C(=O)OC)nnc1-c1csc2ccccc12. The molecule has 2 amide bonds. The van der Waals surface area contributed by atoms with Crippen LogP contribution in [0.5, 0.6) is 0 Å². The molecule has 12 heteroatoms. The molecule has 0 fully saturated rings. The summed E-state index contributed by atoms with van der Waals surface area (Å²) in [5.74, 6) is -0.500. The Bertz CT molecular complexity index is 1500. The van der Waals surface area contributed by atoms with Crippen LogP contribution in [0.1, 0.15) is 25.6 Å². The molecule has 37 heavy (non-hydrogen) atoms. The number of nitrogens with one attached hydrogen (secondary N) is 1. The van der Waals surface area contributed by atoms with Gasteiger partial charge in [-0.2, -0.15) is 0 Å². The van der Waals surface area contributed by atoms with Crippen LogP contribution in [0.2, 0.25) is 0 Å². The molecule has 3 aromatic heterocycles. The molecular weight excluding hydrogens is 531 g/mol.